The molecule has 0 saturated heterocycles. The number of ether oxygens (including phenoxy) is 1. The number of benzene rings is 1. The molecule has 11 nitrogen and oxygen atoms in total. The number of nitrogens with one attached hydrogen (secondary N) is 1. The first kappa shape index (κ1) is 37.9. The van der Waals surface area contributed by atoms with Gasteiger partial charge < -0.3 is 14.7 Å². The van der Waals surface area contributed by atoms with Gasteiger partial charge in [-0.2, -0.15) is 21.6 Å². The number of pyridine rings is 1. The van der Waals surface area contributed by atoms with Gasteiger partial charge in [0.2, 0.25) is 5.88 Å². The molecule has 276 valence electrons. The summed E-state index contributed by atoms with van der Waals surface area (Å²) in [6.45, 7) is 4.45. The standard InChI is InChI=1S/C33H37F5N6O5S2/c1-30(2,28(45)46)19-43-17-9-5-8-16-32(34,35)22-12-7-6-11-21(22)26-27(44-18-15-24(41-44)49-20-31(3,4)33(36,37)38)50-29(40-26)42-51(47,48)25-14-10-13-23(43)39-25/h6-7,10-15,18H,5,8-9,16-17,19-20H2,1-4H3,(H,40,42)(H,45,46). The minimum Gasteiger partial charge on any atom is -0.481 e. The smallest absolute Gasteiger partial charge is 0.397 e. The second kappa shape index (κ2) is 14.0. The summed E-state index contributed by atoms with van der Waals surface area (Å²) in [5, 5.41) is 13.5. The fourth-order valence-corrected chi connectivity index (χ4v) is 7.32. The highest BCUT2D eigenvalue weighted by atomic mass is 32.2. The normalized spacial score (nSPS) is 16.8. The van der Waals surface area contributed by atoms with E-state index in [2.05, 4.69) is 19.8 Å². The summed E-state index contributed by atoms with van der Waals surface area (Å²) in [6.07, 6.45) is -2.86. The maximum atomic E-state index is 16.0. The van der Waals surface area contributed by atoms with Crippen LogP contribution in [0.5, 0.6) is 5.88 Å². The lowest BCUT2D eigenvalue weighted by Crippen LogP contribution is -2.40. The van der Waals surface area contributed by atoms with E-state index in [9.17, 15) is 31.5 Å². The molecule has 18 heteroatoms. The minimum atomic E-state index is -4.55. The zero-order chi connectivity index (χ0) is 37.4. The number of hydrogen-bond acceptors (Lipinski definition) is 9. The van der Waals surface area contributed by atoms with Gasteiger partial charge in [0.05, 0.1) is 10.8 Å². The van der Waals surface area contributed by atoms with Gasteiger partial charge in [0.25, 0.3) is 15.9 Å². The summed E-state index contributed by atoms with van der Waals surface area (Å²) in [5.41, 5.74) is -3.85. The fraction of sp³-hybridized carbons (Fsp3) is 0.455. The van der Waals surface area contributed by atoms with Gasteiger partial charge in [-0.05, 0) is 52.7 Å². The first-order chi connectivity index (χ1) is 23.7. The van der Waals surface area contributed by atoms with Crippen LogP contribution in [-0.2, 0) is 20.7 Å². The van der Waals surface area contributed by atoms with Crippen molar-refractivity contribution in [2.24, 2.45) is 10.8 Å². The molecule has 3 aromatic heterocycles. The van der Waals surface area contributed by atoms with Crippen LogP contribution < -0.4 is 14.4 Å². The largest absolute Gasteiger partial charge is 0.481 e. The Hall–Kier alpha value is -4.32. The second-order valence-corrected chi connectivity index (χ2v) is 16.2. The number of carboxylic acid groups (broad SMARTS) is 1. The van der Waals surface area contributed by atoms with Crippen LogP contribution >= 0.6 is 11.3 Å². The summed E-state index contributed by atoms with van der Waals surface area (Å²) in [6, 6.07) is 11.2. The van der Waals surface area contributed by atoms with Gasteiger partial charge in [0.1, 0.15) is 23.1 Å². The molecule has 0 saturated carbocycles. The van der Waals surface area contributed by atoms with E-state index in [1.54, 1.807) is 11.0 Å². The average Bonchev–Trinajstić information content (AvgIpc) is 3.69. The molecule has 4 bridgehead atoms. The van der Waals surface area contributed by atoms with Crippen molar-refractivity contribution in [1.82, 2.24) is 19.7 Å². The van der Waals surface area contributed by atoms with Crippen molar-refractivity contribution < 1.29 is 45.0 Å². The minimum absolute atomic E-state index is 0.00175. The van der Waals surface area contributed by atoms with E-state index in [-0.39, 0.29) is 58.2 Å². The number of thiazole rings is 1. The third kappa shape index (κ3) is 8.43. The first-order valence-corrected chi connectivity index (χ1v) is 18.2. The Morgan fingerprint density at radius 3 is 2.45 bits per heavy atom. The molecule has 2 N–H and O–H groups in total. The lowest BCUT2D eigenvalue weighted by molar-refractivity contribution is -0.219. The Bertz CT molecular complexity index is 1990. The van der Waals surface area contributed by atoms with Gasteiger partial charge in [0.15, 0.2) is 10.2 Å². The molecule has 5 rings (SSSR count). The number of sulfonamides is 1. The maximum Gasteiger partial charge on any atom is 0.397 e. The van der Waals surface area contributed by atoms with Gasteiger partial charge in [-0.25, -0.2) is 23.4 Å². The van der Waals surface area contributed by atoms with Crippen LogP contribution in [0.2, 0.25) is 0 Å². The molecular formula is C33H37F5N6O5S2. The summed E-state index contributed by atoms with van der Waals surface area (Å²) >= 11 is 0.755. The topological polar surface area (TPSA) is 140 Å². The Labute approximate surface area is 295 Å². The van der Waals surface area contributed by atoms with Gasteiger partial charge in [-0.15, -0.1) is 5.10 Å². The van der Waals surface area contributed by atoms with E-state index in [1.807, 2.05) is 0 Å². The van der Waals surface area contributed by atoms with Gasteiger partial charge in [-0.3, -0.25) is 9.52 Å². The molecule has 0 amide bonds. The molecule has 0 aliphatic carbocycles. The molecule has 4 aromatic rings. The van der Waals surface area contributed by atoms with E-state index < -0.39 is 57.0 Å². The number of hydrogen-bond donors (Lipinski definition) is 2. The van der Waals surface area contributed by atoms with Crippen LogP contribution in [0.25, 0.3) is 16.3 Å². The molecule has 0 radical (unpaired) electrons. The van der Waals surface area contributed by atoms with Crippen molar-refractivity contribution in [2.75, 3.05) is 29.3 Å². The van der Waals surface area contributed by atoms with E-state index in [0.717, 1.165) is 25.2 Å². The number of aliphatic carboxylic acids is 1. The number of alkyl halides is 5. The third-order valence-corrected chi connectivity index (χ3v) is 10.7. The third-order valence-electron chi connectivity index (χ3n) is 8.42. The molecule has 1 aliphatic rings. The van der Waals surface area contributed by atoms with Crippen LogP contribution in [-0.4, -0.2) is 65.1 Å². The van der Waals surface area contributed by atoms with Crippen LogP contribution in [0, 0.1) is 10.8 Å². The van der Waals surface area contributed by atoms with E-state index in [4.69, 9.17) is 4.74 Å². The summed E-state index contributed by atoms with van der Waals surface area (Å²) in [4.78, 5) is 22.4. The Kier molecular flexibility index (Phi) is 10.4. The maximum absolute atomic E-state index is 16.0. The average molecular weight is 757 g/mol. The molecule has 0 fully saturated rings. The number of aromatic nitrogens is 4. The zero-order valence-electron chi connectivity index (χ0n) is 28.2. The van der Waals surface area contributed by atoms with Crippen molar-refractivity contribution in [3.05, 3.63) is 60.3 Å². The summed E-state index contributed by atoms with van der Waals surface area (Å²) in [5.74, 6) is -4.41. The molecule has 0 atom stereocenters. The number of halogens is 5. The highest BCUT2D eigenvalue weighted by Crippen LogP contribution is 2.44. The summed E-state index contributed by atoms with van der Waals surface area (Å²) < 4.78 is 109. The van der Waals surface area contributed by atoms with Gasteiger partial charge in [0, 0.05) is 42.9 Å². The Balaban J connectivity index is 1.60. The lowest BCUT2D eigenvalue weighted by atomic mass is 9.92. The SMILES string of the molecule is CC(C)(CN1CCCCCC(F)(F)c2ccccc2-c2nc(sc2-n2ccc(OCC(C)(C)C(F)(F)F)n2)NS(=O)(=O)c2cccc1n2)C(=O)O. The number of carbonyl (C=O) groups is 1. The monoisotopic (exact) mass is 756 g/mol. The number of anilines is 2. The summed E-state index contributed by atoms with van der Waals surface area (Å²) in [7, 11) is -4.44. The number of carboxylic acids is 1. The van der Waals surface area contributed by atoms with E-state index in [1.165, 1.54) is 67.2 Å². The first-order valence-electron chi connectivity index (χ1n) is 15.9. The van der Waals surface area contributed by atoms with Crippen molar-refractivity contribution in [1.29, 1.82) is 0 Å². The van der Waals surface area contributed by atoms with Crippen LogP contribution in [0.4, 0.5) is 32.9 Å². The van der Waals surface area contributed by atoms with Crippen molar-refractivity contribution in [3.8, 4) is 22.1 Å². The fourth-order valence-electron chi connectivity index (χ4n) is 5.21. The highest BCUT2D eigenvalue weighted by Gasteiger charge is 2.48. The predicted octanol–water partition coefficient (Wildman–Crippen LogP) is 7.74. The molecule has 1 aliphatic heterocycles. The van der Waals surface area contributed by atoms with Crippen LogP contribution in [0.3, 0.4) is 0 Å². The van der Waals surface area contributed by atoms with E-state index >= 15 is 8.78 Å². The zero-order valence-corrected chi connectivity index (χ0v) is 29.8. The van der Waals surface area contributed by atoms with Crippen molar-refractivity contribution in [3.63, 3.8) is 0 Å². The molecule has 1 aromatic carbocycles. The Morgan fingerprint density at radius 1 is 1.02 bits per heavy atom. The van der Waals surface area contributed by atoms with Crippen molar-refractivity contribution >= 4 is 38.3 Å². The van der Waals surface area contributed by atoms with E-state index in [0.29, 0.717) is 12.8 Å². The highest BCUT2D eigenvalue weighted by molar-refractivity contribution is 7.92. The van der Waals surface area contributed by atoms with Gasteiger partial charge in [-0.1, -0.05) is 48.1 Å². The molecular weight excluding hydrogens is 720 g/mol. The van der Waals surface area contributed by atoms with Crippen LogP contribution in [0.1, 0.15) is 58.9 Å². The Morgan fingerprint density at radius 2 is 1.75 bits per heavy atom. The van der Waals surface area contributed by atoms with Crippen LogP contribution in [0.15, 0.2) is 59.8 Å². The quantitative estimate of drug-likeness (QED) is 0.181. The van der Waals surface area contributed by atoms with Crippen molar-refractivity contribution in [2.45, 2.75) is 70.5 Å². The van der Waals surface area contributed by atoms with Gasteiger partial charge >= 0.3 is 12.1 Å². The number of fused-ring (bicyclic) bond motifs is 6. The molecule has 0 spiro atoms. The molecule has 51 heavy (non-hydrogen) atoms. The predicted molar refractivity (Wildman–Crippen MR) is 181 cm³/mol. The number of nitrogens with zero attached hydrogens (tertiary/aromatic N) is 5. The molecule has 0 unspecified atom stereocenters. The second-order valence-electron chi connectivity index (χ2n) is 13.6. The lowest BCUT2D eigenvalue weighted by Gasteiger charge is -2.31. The number of rotatable bonds is 7. The molecule has 4 heterocycles.